The molecule has 0 N–H and O–H groups in total. The molecule has 1 aliphatic carbocycles. The van der Waals surface area contributed by atoms with Crippen molar-refractivity contribution in [3.05, 3.63) is 11.6 Å². The van der Waals surface area contributed by atoms with Crippen LogP contribution in [0.25, 0.3) is 0 Å². The third-order valence-corrected chi connectivity index (χ3v) is 2.35. The van der Waals surface area contributed by atoms with Crippen molar-refractivity contribution in [2.24, 2.45) is 0 Å². The third-order valence-electron chi connectivity index (χ3n) is 2.35. The van der Waals surface area contributed by atoms with E-state index in [1.165, 1.54) is 24.8 Å². The molecule has 0 aromatic heterocycles. The largest absolute Gasteiger partial charge is 0.359 e. The Morgan fingerprint density at radius 3 is 2.80 bits per heavy atom. The van der Waals surface area contributed by atoms with Crippen LogP contribution >= 0.6 is 0 Å². The van der Waals surface area contributed by atoms with Gasteiger partial charge in [-0.2, -0.15) is 0 Å². The molecule has 0 atom stereocenters. The van der Waals surface area contributed by atoms with Crippen molar-refractivity contribution in [1.29, 1.82) is 0 Å². The van der Waals surface area contributed by atoms with Gasteiger partial charge in [0.05, 0.1) is 0 Å². The van der Waals surface area contributed by atoms with Crippen molar-refractivity contribution in [2.75, 3.05) is 13.9 Å². The Morgan fingerprint density at radius 1 is 1.40 bits per heavy atom. The highest BCUT2D eigenvalue weighted by atomic mass is 16.7. The predicted molar refractivity (Wildman–Crippen MR) is 61.4 cm³/mol. The molecule has 1 aliphatic rings. The molecule has 84 valence electrons. The molecule has 0 aromatic carbocycles. The summed E-state index contributed by atoms with van der Waals surface area (Å²) in [7, 11) is 1.62. The summed E-state index contributed by atoms with van der Waals surface area (Å²) in [5.41, 5.74) is 0.837. The second-order valence-corrected chi connectivity index (χ2v) is 4.29. The van der Waals surface area contributed by atoms with Crippen molar-refractivity contribution in [3.63, 3.8) is 0 Å². The molecule has 0 radical (unpaired) electrons. The average molecular weight is 208 g/mol. The van der Waals surface area contributed by atoms with Gasteiger partial charge in [-0.1, -0.05) is 17.9 Å². The molecule has 0 amide bonds. The Bertz CT molecular complexity index is 279. The molecule has 2 heteroatoms. The minimum absolute atomic E-state index is 0.292. The lowest BCUT2D eigenvalue weighted by molar-refractivity contribution is -0.0877. The zero-order valence-electron chi connectivity index (χ0n) is 9.93. The number of methoxy groups -OCH3 is 1. The van der Waals surface area contributed by atoms with Crippen LogP contribution in [0.5, 0.6) is 0 Å². The van der Waals surface area contributed by atoms with Crippen molar-refractivity contribution in [3.8, 4) is 11.8 Å². The quantitative estimate of drug-likeness (QED) is 0.524. The Morgan fingerprint density at radius 2 is 2.20 bits per heavy atom. The Labute approximate surface area is 92.6 Å². The molecule has 0 fully saturated rings. The second kappa shape index (κ2) is 5.95. The van der Waals surface area contributed by atoms with Crippen LogP contribution in [-0.2, 0) is 9.47 Å². The molecule has 0 aromatic rings. The molecule has 0 bridgehead atoms. The summed E-state index contributed by atoms with van der Waals surface area (Å²) in [4.78, 5) is 0. The number of rotatable bonds is 3. The topological polar surface area (TPSA) is 18.5 Å². The summed E-state index contributed by atoms with van der Waals surface area (Å²) in [5.74, 6) is 6.34. The highest BCUT2D eigenvalue weighted by Crippen LogP contribution is 2.17. The maximum Gasteiger partial charge on any atom is 0.148 e. The lowest BCUT2D eigenvalue weighted by Gasteiger charge is -2.18. The van der Waals surface area contributed by atoms with Crippen LogP contribution in [0.4, 0.5) is 0 Å². The van der Waals surface area contributed by atoms with Crippen LogP contribution in [-0.4, -0.2) is 19.5 Å². The monoisotopic (exact) mass is 208 g/mol. The molecular formula is C13H20O2. The van der Waals surface area contributed by atoms with Crippen LogP contribution in [0.15, 0.2) is 11.6 Å². The van der Waals surface area contributed by atoms with Crippen LogP contribution < -0.4 is 0 Å². The molecule has 0 aliphatic heterocycles. The van der Waals surface area contributed by atoms with Crippen LogP contribution in [0.3, 0.4) is 0 Å². The van der Waals surface area contributed by atoms with E-state index in [2.05, 4.69) is 17.9 Å². The van der Waals surface area contributed by atoms with Gasteiger partial charge >= 0.3 is 0 Å². The van der Waals surface area contributed by atoms with Crippen molar-refractivity contribution in [2.45, 2.75) is 45.1 Å². The fourth-order valence-electron chi connectivity index (χ4n) is 1.42. The fourth-order valence-corrected chi connectivity index (χ4v) is 1.42. The average Bonchev–Trinajstić information content (AvgIpc) is 2.25. The van der Waals surface area contributed by atoms with E-state index in [-0.39, 0.29) is 0 Å². The second-order valence-electron chi connectivity index (χ2n) is 4.29. The number of hydrogen-bond donors (Lipinski definition) is 0. The Hall–Kier alpha value is -0.780. The molecule has 0 saturated carbocycles. The minimum atomic E-state index is -0.422. The smallest absolute Gasteiger partial charge is 0.148 e. The van der Waals surface area contributed by atoms with E-state index >= 15 is 0 Å². The first-order valence-electron chi connectivity index (χ1n) is 5.49. The zero-order chi connectivity index (χ0) is 11.1. The van der Waals surface area contributed by atoms with Crippen LogP contribution in [0.1, 0.15) is 39.5 Å². The summed E-state index contributed by atoms with van der Waals surface area (Å²) in [6.45, 7) is 4.21. The van der Waals surface area contributed by atoms with E-state index in [0.717, 1.165) is 6.42 Å². The van der Waals surface area contributed by atoms with Crippen molar-refractivity contribution in [1.82, 2.24) is 0 Å². The normalized spacial score (nSPS) is 16.6. The summed E-state index contributed by atoms with van der Waals surface area (Å²) in [5, 5.41) is 0. The van der Waals surface area contributed by atoms with Crippen molar-refractivity contribution >= 4 is 0 Å². The Kier molecular flexibility index (Phi) is 4.87. The van der Waals surface area contributed by atoms with E-state index in [1.54, 1.807) is 7.11 Å². The molecule has 0 heterocycles. The van der Waals surface area contributed by atoms with Gasteiger partial charge in [0.15, 0.2) is 0 Å². The predicted octanol–water partition coefficient (Wildman–Crippen LogP) is 2.89. The highest BCUT2D eigenvalue weighted by Gasteiger charge is 2.14. The number of allylic oxidation sites excluding steroid dienone is 2. The van der Waals surface area contributed by atoms with Gasteiger partial charge in [0.25, 0.3) is 0 Å². The third kappa shape index (κ3) is 5.01. The van der Waals surface area contributed by atoms with Gasteiger partial charge in [0.2, 0.25) is 0 Å². The van der Waals surface area contributed by atoms with Gasteiger partial charge in [-0.3, -0.25) is 0 Å². The van der Waals surface area contributed by atoms with Crippen molar-refractivity contribution < 1.29 is 9.47 Å². The van der Waals surface area contributed by atoms with Gasteiger partial charge in [0.1, 0.15) is 12.4 Å². The van der Waals surface area contributed by atoms with Gasteiger partial charge in [-0.15, -0.1) is 0 Å². The number of ether oxygens (including phenoxy) is 2. The molecule has 0 spiro atoms. The first-order valence-corrected chi connectivity index (χ1v) is 5.49. The fraction of sp³-hybridized carbons (Fsp3) is 0.692. The lowest BCUT2D eigenvalue weighted by atomic mass is 9.99. The molecule has 1 rings (SSSR count). The molecule has 0 unspecified atom stereocenters. The Balaban J connectivity index is 2.50. The van der Waals surface area contributed by atoms with Gasteiger partial charge in [0, 0.05) is 7.11 Å². The number of hydrogen-bond acceptors (Lipinski definition) is 2. The summed E-state index contributed by atoms with van der Waals surface area (Å²) < 4.78 is 10.3. The molecule has 2 nitrogen and oxygen atoms in total. The van der Waals surface area contributed by atoms with Gasteiger partial charge < -0.3 is 9.47 Å². The van der Waals surface area contributed by atoms with E-state index in [0.29, 0.717) is 6.79 Å². The maximum absolute atomic E-state index is 5.45. The summed E-state index contributed by atoms with van der Waals surface area (Å²) in [6, 6.07) is 0. The van der Waals surface area contributed by atoms with Gasteiger partial charge in [-0.05, 0) is 45.1 Å². The standard InChI is InChI=1S/C13H20O2/c1-13(2,15-11-14-3)10-9-12-7-5-4-6-8-12/h7H,4-6,8,11H2,1-3H3. The summed E-state index contributed by atoms with van der Waals surface area (Å²) >= 11 is 0. The van der Waals surface area contributed by atoms with Gasteiger partial charge in [-0.25, -0.2) is 0 Å². The van der Waals surface area contributed by atoms with E-state index < -0.39 is 5.60 Å². The van der Waals surface area contributed by atoms with E-state index in [4.69, 9.17) is 9.47 Å². The lowest BCUT2D eigenvalue weighted by Crippen LogP contribution is -2.23. The SMILES string of the molecule is COCOC(C)(C)C#CC1=CCCCC1. The van der Waals surface area contributed by atoms with E-state index in [1.807, 2.05) is 13.8 Å². The molecule has 15 heavy (non-hydrogen) atoms. The minimum Gasteiger partial charge on any atom is -0.359 e. The first kappa shape index (κ1) is 12.3. The van der Waals surface area contributed by atoms with Crippen LogP contribution in [0.2, 0.25) is 0 Å². The van der Waals surface area contributed by atoms with Crippen LogP contribution in [0, 0.1) is 11.8 Å². The first-order chi connectivity index (χ1) is 7.14. The zero-order valence-corrected chi connectivity index (χ0v) is 9.93. The molecule has 0 saturated heterocycles. The maximum atomic E-state index is 5.45. The highest BCUT2D eigenvalue weighted by molar-refractivity contribution is 5.32. The van der Waals surface area contributed by atoms with E-state index in [9.17, 15) is 0 Å². The summed E-state index contributed by atoms with van der Waals surface area (Å²) in [6.07, 6.45) is 7.09. The molecular weight excluding hydrogens is 188 g/mol.